The zero-order valence-electron chi connectivity index (χ0n) is 13.2. The fourth-order valence-corrected chi connectivity index (χ4v) is 2.65. The molecule has 0 saturated heterocycles. The normalized spacial score (nSPS) is 14.7. The number of ether oxygens (including phenoxy) is 1. The summed E-state index contributed by atoms with van der Waals surface area (Å²) in [6.07, 6.45) is 6.45. The molecule has 2 amide bonds. The Balaban J connectivity index is 1.47. The molecule has 2 N–H and O–H groups in total. The van der Waals surface area contributed by atoms with Gasteiger partial charge in [-0.2, -0.15) is 0 Å². The van der Waals surface area contributed by atoms with Gasteiger partial charge in [0.15, 0.2) is 6.39 Å². The quantitative estimate of drug-likeness (QED) is 0.883. The van der Waals surface area contributed by atoms with Gasteiger partial charge >= 0.3 is 6.03 Å². The molecule has 1 aromatic carbocycles. The molecule has 0 spiro atoms. The van der Waals surface area contributed by atoms with Gasteiger partial charge in [0.2, 0.25) is 0 Å². The summed E-state index contributed by atoms with van der Waals surface area (Å²) in [5.74, 6) is 1.56. The number of aromatic nitrogens is 1. The largest absolute Gasteiger partial charge is 0.490 e. The number of carbonyl (C=O) groups excluding carboxylic acids is 1. The molecule has 1 fully saturated rings. The van der Waals surface area contributed by atoms with Crippen molar-refractivity contribution in [3.8, 4) is 5.75 Å². The second-order valence-electron chi connectivity index (χ2n) is 5.71. The Bertz CT molecular complexity index is 645. The number of urea groups is 1. The number of oxazole rings is 1. The van der Waals surface area contributed by atoms with Crippen molar-refractivity contribution in [1.29, 1.82) is 0 Å². The van der Waals surface area contributed by atoms with E-state index in [0.29, 0.717) is 18.4 Å². The summed E-state index contributed by atoms with van der Waals surface area (Å²) in [4.78, 5) is 15.9. The highest BCUT2D eigenvalue weighted by molar-refractivity contribution is 5.89. The third-order valence-corrected chi connectivity index (χ3v) is 3.98. The van der Waals surface area contributed by atoms with Gasteiger partial charge in [0, 0.05) is 5.69 Å². The van der Waals surface area contributed by atoms with E-state index in [9.17, 15) is 4.79 Å². The van der Waals surface area contributed by atoms with E-state index in [1.54, 1.807) is 0 Å². The number of amides is 2. The number of nitrogens with zero attached hydrogens (tertiary/aromatic N) is 1. The van der Waals surface area contributed by atoms with Crippen LogP contribution in [0.3, 0.4) is 0 Å². The lowest BCUT2D eigenvalue weighted by molar-refractivity contribution is 0.210. The van der Waals surface area contributed by atoms with Crippen molar-refractivity contribution in [1.82, 2.24) is 10.3 Å². The van der Waals surface area contributed by atoms with Crippen LogP contribution in [0.2, 0.25) is 0 Å². The number of nitrogens with one attached hydrogen (secondary N) is 2. The Morgan fingerprint density at radius 1 is 1.30 bits per heavy atom. The molecular weight excluding hydrogens is 294 g/mol. The number of anilines is 1. The van der Waals surface area contributed by atoms with Gasteiger partial charge in [-0.05, 0) is 56.9 Å². The van der Waals surface area contributed by atoms with Gasteiger partial charge in [0.1, 0.15) is 17.2 Å². The molecule has 0 atom stereocenters. The van der Waals surface area contributed by atoms with Gasteiger partial charge < -0.3 is 19.8 Å². The SMILES string of the molecule is Cc1ocnc1CNC(=O)Nc1ccc(OC2CCCC2)cc1. The van der Waals surface area contributed by atoms with Gasteiger partial charge in [-0.3, -0.25) is 0 Å². The van der Waals surface area contributed by atoms with Gasteiger partial charge in [0.25, 0.3) is 0 Å². The van der Waals surface area contributed by atoms with E-state index in [2.05, 4.69) is 15.6 Å². The summed E-state index contributed by atoms with van der Waals surface area (Å²) in [5, 5.41) is 5.52. The minimum absolute atomic E-state index is 0.281. The number of hydrogen-bond donors (Lipinski definition) is 2. The third-order valence-electron chi connectivity index (χ3n) is 3.98. The number of aryl methyl sites for hydroxylation is 1. The molecule has 122 valence electrons. The maximum atomic E-state index is 11.9. The predicted octanol–water partition coefficient (Wildman–Crippen LogP) is 3.63. The summed E-state index contributed by atoms with van der Waals surface area (Å²) < 4.78 is 11.0. The summed E-state index contributed by atoms with van der Waals surface area (Å²) in [6, 6.07) is 7.17. The van der Waals surface area contributed by atoms with Crippen LogP contribution in [0, 0.1) is 6.92 Å². The Labute approximate surface area is 135 Å². The molecule has 2 aromatic rings. The van der Waals surface area contributed by atoms with E-state index in [0.717, 1.165) is 30.0 Å². The first-order valence-corrected chi connectivity index (χ1v) is 7.91. The smallest absolute Gasteiger partial charge is 0.319 e. The zero-order valence-corrected chi connectivity index (χ0v) is 13.2. The molecule has 1 aliphatic carbocycles. The molecule has 0 aliphatic heterocycles. The van der Waals surface area contributed by atoms with E-state index >= 15 is 0 Å². The first-order chi connectivity index (χ1) is 11.2. The molecule has 6 nitrogen and oxygen atoms in total. The van der Waals surface area contributed by atoms with Crippen LogP contribution in [-0.2, 0) is 6.54 Å². The van der Waals surface area contributed by atoms with E-state index in [4.69, 9.17) is 9.15 Å². The molecule has 0 bridgehead atoms. The molecule has 1 heterocycles. The number of carbonyl (C=O) groups is 1. The Morgan fingerprint density at radius 2 is 2.04 bits per heavy atom. The summed E-state index contributed by atoms with van der Waals surface area (Å²) in [7, 11) is 0. The van der Waals surface area contributed by atoms with Gasteiger partial charge in [-0.15, -0.1) is 0 Å². The van der Waals surface area contributed by atoms with Crippen LogP contribution in [0.25, 0.3) is 0 Å². The number of rotatable bonds is 5. The summed E-state index contributed by atoms with van der Waals surface area (Å²) in [6.45, 7) is 2.14. The molecule has 3 rings (SSSR count). The van der Waals surface area contributed by atoms with Crippen molar-refractivity contribution in [3.63, 3.8) is 0 Å². The lowest BCUT2D eigenvalue weighted by atomic mass is 10.3. The lowest BCUT2D eigenvalue weighted by Crippen LogP contribution is -2.28. The molecule has 1 aromatic heterocycles. The average Bonchev–Trinajstić information content (AvgIpc) is 3.19. The van der Waals surface area contributed by atoms with Gasteiger partial charge in [-0.25, -0.2) is 9.78 Å². The van der Waals surface area contributed by atoms with E-state index in [1.165, 1.54) is 19.2 Å². The zero-order chi connectivity index (χ0) is 16.1. The molecule has 0 radical (unpaired) electrons. The first-order valence-electron chi connectivity index (χ1n) is 7.91. The fraction of sp³-hybridized carbons (Fsp3) is 0.412. The van der Waals surface area contributed by atoms with Crippen LogP contribution in [0.4, 0.5) is 10.5 Å². The predicted molar refractivity (Wildman–Crippen MR) is 86.4 cm³/mol. The Hall–Kier alpha value is -2.50. The van der Waals surface area contributed by atoms with Crippen molar-refractivity contribution in [3.05, 3.63) is 42.1 Å². The van der Waals surface area contributed by atoms with Crippen molar-refractivity contribution in [2.75, 3.05) is 5.32 Å². The molecule has 0 unspecified atom stereocenters. The first kappa shape index (κ1) is 15.4. The maximum Gasteiger partial charge on any atom is 0.319 e. The highest BCUT2D eigenvalue weighted by atomic mass is 16.5. The monoisotopic (exact) mass is 315 g/mol. The van der Waals surface area contributed by atoms with Crippen molar-refractivity contribution in [2.24, 2.45) is 0 Å². The van der Waals surface area contributed by atoms with E-state index in [-0.39, 0.29) is 6.03 Å². The van der Waals surface area contributed by atoms with Crippen molar-refractivity contribution >= 4 is 11.7 Å². The molecule has 6 heteroatoms. The number of benzene rings is 1. The van der Waals surface area contributed by atoms with Crippen LogP contribution in [-0.4, -0.2) is 17.1 Å². The van der Waals surface area contributed by atoms with Gasteiger partial charge in [0.05, 0.1) is 12.6 Å². The van der Waals surface area contributed by atoms with Gasteiger partial charge in [-0.1, -0.05) is 0 Å². The number of hydrogen-bond acceptors (Lipinski definition) is 4. The maximum absolute atomic E-state index is 11.9. The lowest BCUT2D eigenvalue weighted by Gasteiger charge is -2.13. The highest BCUT2D eigenvalue weighted by Crippen LogP contribution is 2.24. The van der Waals surface area contributed by atoms with Crippen LogP contribution in [0.5, 0.6) is 5.75 Å². The van der Waals surface area contributed by atoms with E-state index < -0.39 is 0 Å². The third kappa shape index (κ3) is 4.25. The van der Waals surface area contributed by atoms with Crippen molar-refractivity contribution < 1.29 is 13.9 Å². The molecule has 23 heavy (non-hydrogen) atoms. The van der Waals surface area contributed by atoms with Crippen LogP contribution >= 0.6 is 0 Å². The summed E-state index contributed by atoms with van der Waals surface area (Å²) in [5.41, 5.74) is 1.44. The highest BCUT2D eigenvalue weighted by Gasteiger charge is 2.16. The molecule has 1 aliphatic rings. The van der Waals surface area contributed by atoms with Crippen LogP contribution in [0.1, 0.15) is 37.1 Å². The van der Waals surface area contributed by atoms with Crippen LogP contribution in [0.15, 0.2) is 35.1 Å². The minimum atomic E-state index is -0.281. The van der Waals surface area contributed by atoms with Crippen molar-refractivity contribution in [2.45, 2.75) is 45.3 Å². The summed E-state index contributed by atoms with van der Waals surface area (Å²) >= 11 is 0. The minimum Gasteiger partial charge on any atom is -0.490 e. The van der Waals surface area contributed by atoms with E-state index in [1.807, 2.05) is 31.2 Å². The second-order valence-corrected chi connectivity index (χ2v) is 5.71. The molecule has 1 saturated carbocycles. The fourth-order valence-electron chi connectivity index (χ4n) is 2.65. The second kappa shape index (κ2) is 7.17. The average molecular weight is 315 g/mol. The Morgan fingerprint density at radius 3 is 2.70 bits per heavy atom. The topological polar surface area (TPSA) is 76.4 Å². The standard InChI is InChI=1S/C17H21N3O3/c1-12-16(19-11-22-12)10-18-17(21)20-13-6-8-15(9-7-13)23-14-4-2-3-5-14/h6-9,11,14H,2-5,10H2,1H3,(H2,18,20,21). The molecular formula is C17H21N3O3. The Kier molecular flexibility index (Phi) is 4.80. The van der Waals surface area contributed by atoms with Crippen LogP contribution < -0.4 is 15.4 Å².